The van der Waals surface area contributed by atoms with Gasteiger partial charge in [0.25, 0.3) is 0 Å². The summed E-state index contributed by atoms with van der Waals surface area (Å²) < 4.78 is 6.35. The van der Waals surface area contributed by atoms with E-state index in [2.05, 4.69) is 21.9 Å². The number of benzene rings is 1. The monoisotopic (exact) mass is 358 g/mol. The van der Waals surface area contributed by atoms with E-state index in [0.29, 0.717) is 6.17 Å². The van der Waals surface area contributed by atoms with Crippen molar-refractivity contribution in [3.8, 4) is 11.3 Å². The Morgan fingerprint density at radius 2 is 1.28 bits per heavy atom. The maximum absolute atomic E-state index is 6.35. The summed E-state index contributed by atoms with van der Waals surface area (Å²) in [7, 11) is 0. The van der Waals surface area contributed by atoms with Gasteiger partial charge in [-0.2, -0.15) is 0 Å². The van der Waals surface area contributed by atoms with Gasteiger partial charge in [-0.25, -0.2) is 0 Å². The average Bonchev–Trinajstić information content (AvgIpc) is 3.14. The molecule has 4 rings (SSSR count). The SMILES string of the molecule is Clc1ccc(-c2ccc(C(N3CCCCC3)N3CCCCC3)o2)cc1. The molecule has 0 aliphatic carbocycles. The fraction of sp³-hybridized carbons (Fsp3) is 0.524. The van der Waals surface area contributed by atoms with Crippen molar-refractivity contribution >= 4 is 11.6 Å². The van der Waals surface area contributed by atoms with Crippen molar-refractivity contribution in [3.63, 3.8) is 0 Å². The minimum absolute atomic E-state index is 0.293. The van der Waals surface area contributed by atoms with Crippen LogP contribution in [-0.2, 0) is 0 Å². The Bertz CT molecular complexity index is 651. The number of nitrogens with zero attached hydrogens (tertiary/aromatic N) is 2. The van der Waals surface area contributed by atoms with Crippen LogP contribution in [0.4, 0.5) is 0 Å². The molecule has 2 saturated heterocycles. The number of hydrogen-bond donors (Lipinski definition) is 0. The fourth-order valence-electron chi connectivity index (χ4n) is 4.18. The number of halogens is 1. The standard InChI is InChI=1S/C21H27ClN2O/c22-18-9-7-17(8-10-18)19-11-12-20(25-19)21(23-13-3-1-4-14-23)24-15-5-2-6-16-24/h7-12,21H,1-6,13-16H2. The summed E-state index contributed by atoms with van der Waals surface area (Å²) in [4.78, 5) is 5.25. The zero-order chi connectivity index (χ0) is 17.1. The number of piperidine rings is 2. The van der Waals surface area contributed by atoms with E-state index >= 15 is 0 Å². The highest BCUT2D eigenvalue weighted by Gasteiger charge is 2.31. The predicted octanol–water partition coefficient (Wildman–Crippen LogP) is 5.57. The smallest absolute Gasteiger partial charge is 0.136 e. The van der Waals surface area contributed by atoms with Crippen LogP contribution < -0.4 is 0 Å². The van der Waals surface area contributed by atoms with Gasteiger partial charge in [0.15, 0.2) is 0 Å². The Labute approximate surface area is 155 Å². The molecule has 0 spiro atoms. The molecule has 2 aliphatic rings. The van der Waals surface area contributed by atoms with Gasteiger partial charge < -0.3 is 4.42 Å². The average molecular weight is 359 g/mol. The lowest BCUT2D eigenvalue weighted by atomic mass is 10.1. The zero-order valence-corrected chi connectivity index (χ0v) is 15.5. The lowest BCUT2D eigenvalue weighted by Gasteiger charge is -2.41. The second-order valence-electron chi connectivity index (χ2n) is 7.28. The Hall–Kier alpha value is -1.29. The first-order valence-electron chi connectivity index (χ1n) is 9.65. The third-order valence-corrected chi connectivity index (χ3v) is 5.74. The quantitative estimate of drug-likeness (QED) is 0.712. The summed E-state index contributed by atoms with van der Waals surface area (Å²) in [5.74, 6) is 2.03. The van der Waals surface area contributed by atoms with Crippen molar-refractivity contribution in [2.75, 3.05) is 26.2 Å². The van der Waals surface area contributed by atoms with Crippen molar-refractivity contribution in [1.82, 2.24) is 9.80 Å². The van der Waals surface area contributed by atoms with Crippen molar-refractivity contribution in [2.45, 2.75) is 44.7 Å². The fourth-order valence-corrected chi connectivity index (χ4v) is 4.30. The maximum atomic E-state index is 6.35. The van der Waals surface area contributed by atoms with Gasteiger partial charge in [0.1, 0.15) is 17.7 Å². The topological polar surface area (TPSA) is 19.6 Å². The molecule has 1 aromatic carbocycles. The van der Waals surface area contributed by atoms with Crippen LogP contribution in [0.15, 0.2) is 40.8 Å². The molecule has 0 unspecified atom stereocenters. The Kier molecular flexibility index (Phi) is 5.45. The van der Waals surface area contributed by atoms with Crippen LogP contribution in [0.25, 0.3) is 11.3 Å². The lowest BCUT2D eigenvalue weighted by molar-refractivity contribution is 0.00283. The molecule has 3 heterocycles. The van der Waals surface area contributed by atoms with E-state index in [1.807, 2.05) is 24.3 Å². The van der Waals surface area contributed by atoms with Gasteiger partial charge in [-0.1, -0.05) is 24.4 Å². The maximum Gasteiger partial charge on any atom is 0.136 e. The molecule has 25 heavy (non-hydrogen) atoms. The number of furan rings is 1. The molecule has 4 heteroatoms. The van der Waals surface area contributed by atoms with Crippen molar-refractivity contribution in [1.29, 1.82) is 0 Å². The van der Waals surface area contributed by atoms with E-state index in [9.17, 15) is 0 Å². The largest absolute Gasteiger partial charge is 0.458 e. The van der Waals surface area contributed by atoms with Gasteiger partial charge in [-0.05, 0) is 62.1 Å². The van der Waals surface area contributed by atoms with Crippen molar-refractivity contribution in [3.05, 3.63) is 47.2 Å². The van der Waals surface area contributed by atoms with Crippen LogP contribution in [0.3, 0.4) is 0 Å². The van der Waals surface area contributed by atoms with E-state index in [1.54, 1.807) is 0 Å². The molecular formula is C21H27ClN2O. The molecule has 2 aliphatic heterocycles. The van der Waals surface area contributed by atoms with Crippen molar-refractivity contribution < 1.29 is 4.42 Å². The molecule has 0 bridgehead atoms. The number of likely N-dealkylation sites (tertiary alicyclic amines) is 2. The molecule has 0 amide bonds. The zero-order valence-electron chi connectivity index (χ0n) is 14.8. The Balaban J connectivity index is 1.61. The van der Waals surface area contributed by atoms with Gasteiger partial charge in [0.2, 0.25) is 0 Å². The first kappa shape index (κ1) is 17.1. The van der Waals surface area contributed by atoms with Crippen molar-refractivity contribution in [2.24, 2.45) is 0 Å². The highest BCUT2D eigenvalue weighted by molar-refractivity contribution is 6.30. The van der Waals surface area contributed by atoms with Gasteiger partial charge >= 0.3 is 0 Å². The molecule has 0 N–H and O–H groups in total. The minimum atomic E-state index is 0.293. The number of hydrogen-bond acceptors (Lipinski definition) is 3. The van der Waals surface area contributed by atoms with Crippen LogP contribution in [-0.4, -0.2) is 36.0 Å². The van der Waals surface area contributed by atoms with E-state index in [0.717, 1.165) is 22.1 Å². The first-order chi connectivity index (χ1) is 12.3. The normalized spacial score (nSPS) is 20.2. The summed E-state index contributed by atoms with van der Waals surface area (Å²) >= 11 is 6.01. The second-order valence-corrected chi connectivity index (χ2v) is 7.71. The summed E-state index contributed by atoms with van der Waals surface area (Å²) in [6, 6.07) is 12.2. The van der Waals surface area contributed by atoms with Crippen LogP contribution in [0, 0.1) is 0 Å². The van der Waals surface area contributed by atoms with E-state index < -0.39 is 0 Å². The van der Waals surface area contributed by atoms with Crippen LogP contribution in [0.5, 0.6) is 0 Å². The van der Waals surface area contributed by atoms with Crippen LogP contribution >= 0.6 is 11.6 Å². The summed E-state index contributed by atoms with van der Waals surface area (Å²) in [5, 5.41) is 0.759. The highest BCUT2D eigenvalue weighted by Crippen LogP contribution is 2.34. The van der Waals surface area contributed by atoms with Gasteiger partial charge in [-0.15, -0.1) is 0 Å². The molecule has 2 fully saturated rings. The predicted molar refractivity (Wildman–Crippen MR) is 103 cm³/mol. The molecule has 0 saturated carbocycles. The summed E-state index contributed by atoms with van der Waals surface area (Å²) in [5.41, 5.74) is 1.09. The molecule has 134 valence electrons. The first-order valence-corrected chi connectivity index (χ1v) is 10.0. The second kappa shape index (κ2) is 7.94. The van der Waals surface area contributed by atoms with E-state index in [4.69, 9.17) is 16.0 Å². The molecule has 1 aromatic heterocycles. The summed E-state index contributed by atoms with van der Waals surface area (Å²) in [6.45, 7) is 4.71. The molecular weight excluding hydrogens is 332 g/mol. The van der Waals surface area contributed by atoms with Gasteiger partial charge in [0, 0.05) is 36.8 Å². The van der Waals surface area contributed by atoms with Crippen LogP contribution in [0.2, 0.25) is 5.02 Å². The Morgan fingerprint density at radius 1 is 0.720 bits per heavy atom. The van der Waals surface area contributed by atoms with E-state index in [1.165, 1.54) is 64.7 Å². The third-order valence-electron chi connectivity index (χ3n) is 5.48. The van der Waals surface area contributed by atoms with Crippen LogP contribution in [0.1, 0.15) is 50.5 Å². The molecule has 0 radical (unpaired) electrons. The molecule has 0 atom stereocenters. The lowest BCUT2D eigenvalue weighted by Crippen LogP contribution is -2.45. The molecule has 2 aromatic rings. The third kappa shape index (κ3) is 3.94. The van der Waals surface area contributed by atoms with E-state index in [-0.39, 0.29) is 0 Å². The minimum Gasteiger partial charge on any atom is -0.458 e. The van der Waals surface area contributed by atoms with Gasteiger partial charge in [-0.3, -0.25) is 9.80 Å². The summed E-state index contributed by atoms with van der Waals surface area (Å²) in [6.07, 6.45) is 8.21. The Morgan fingerprint density at radius 3 is 1.84 bits per heavy atom. The number of rotatable bonds is 4. The van der Waals surface area contributed by atoms with Gasteiger partial charge in [0.05, 0.1) is 0 Å². The molecule has 3 nitrogen and oxygen atoms in total. The highest BCUT2D eigenvalue weighted by atomic mass is 35.5.